The number of quaternary nitrogens is 1. The molecular weight excluding hydrogens is 348 g/mol. The maximum absolute atomic E-state index is 10.2. The van der Waals surface area contributed by atoms with Gasteiger partial charge in [0.1, 0.15) is 19.2 Å². The summed E-state index contributed by atoms with van der Waals surface area (Å²) in [7, 11) is 1.75. The molecule has 2 rings (SSSR count). The number of hydrogen-bond donors (Lipinski definition) is 2. The van der Waals surface area contributed by atoms with E-state index in [-0.39, 0.29) is 11.5 Å². The van der Waals surface area contributed by atoms with Gasteiger partial charge in [-0.15, -0.1) is 0 Å². The number of rotatable bonds is 11. The summed E-state index contributed by atoms with van der Waals surface area (Å²) in [6, 6.07) is 13.3. The maximum atomic E-state index is 10.2. The fraction of sp³-hybridized carbons (Fsp3) is 0.583. The summed E-state index contributed by atoms with van der Waals surface area (Å²) in [5.74, 6) is 0. The molecule has 2 atom stereocenters. The van der Waals surface area contributed by atoms with Gasteiger partial charge >= 0.3 is 0 Å². The van der Waals surface area contributed by atoms with Gasteiger partial charge in [0.2, 0.25) is 0 Å². The first-order chi connectivity index (χ1) is 13.3. The molecule has 1 unspecified atom stereocenters. The van der Waals surface area contributed by atoms with E-state index in [1.165, 1.54) is 21.7 Å². The number of methoxy groups -OCH3 is 1. The molecule has 4 heteroatoms. The fourth-order valence-corrected chi connectivity index (χ4v) is 3.53. The van der Waals surface area contributed by atoms with E-state index in [0.29, 0.717) is 0 Å². The second kappa shape index (κ2) is 10.8. The van der Waals surface area contributed by atoms with Crippen LogP contribution in [0, 0.1) is 0 Å². The lowest BCUT2D eigenvalue weighted by atomic mass is 9.87. The van der Waals surface area contributed by atoms with Crippen LogP contribution >= 0.6 is 0 Å². The third-order valence-electron chi connectivity index (χ3n) is 5.40. The van der Waals surface area contributed by atoms with Crippen LogP contribution in [-0.4, -0.2) is 42.6 Å². The van der Waals surface area contributed by atoms with Gasteiger partial charge in [-0.2, -0.15) is 0 Å². The van der Waals surface area contributed by atoms with Crippen molar-refractivity contribution in [2.24, 2.45) is 0 Å². The Bertz CT molecular complexity index is 685. The van der Waals surface area contributed by atoms with E-state index in [1.807, 2.05) is 6.92 Å². The Labute approximate surface area is 171 Å². The second-order valence-electron chi connectivity index (χ2n) is 8.86. The minimum Gasteiger partial charge on any atom is -0.387 e. The van der Waals surface area contributed by atoms with E-state index in [4.69, 9.17) is 4.74 Å². The standard InChI is InChI=1S/C24H38N2O2/c1-6-23(27)19-25(14-8-16-28-5)18-22-9-7-15-26(22)17-20-10-12-21(13-11-20)24(2,3)4/h7,9-13,15,23,27H,6,8,14,16-19H2,1-5H3/p+1/t23-/m0/s1. The molecule has 1 aromatic carbocycles. The van der Waals surface area contributed by atoms with Gasteiger partial charge in [-0.25, -0.2) is 0 Å². The second-order valence-corrected chi connectivity index (χ2v) is 8.86. The lowest BCUT2D eigenvalue weighted by Crippen LogP contribution is -3.12. The number of ether oxygens (including phenoxy) is 1. The molecule has 0 aliphatic rings. The zero-order valence-electron chi connectivity index (χ0n) is 18.4. The minimum absolute atomic E-state index is 0.184. The highest BCUT2D eigenvalue weighted by Gasteiger charge is 2.17. The molecule has 0 amide bonds. The van der Waals surface area contributed by atoms with E-state index in [2.05, 4.69) is 67.9 Å². The van der Waals surface area contributed by atoms with Gasteiger partial charge < -0.3 is 19.3 Å². The molecule has 0 spiro atoms. The third-order valence-corrected chi connectivity index (χ3v) is 5.40. The molecule has 2 aromatic rings. The summed E-state index contributed by atoms with van der Waals surface area (Å²) in [4.78, 5) is 1.41. The number of hydrogen-bond acceptors (Lipinski definition) is 2. The Morgan fingerprint density at radius 1 is 1.14 bits per heavy atom. The predicted molar refractivity (Wildman–Crippen MR) is 116 cm³/mol. The Balaban J connectivity index is 2.05. The number of nitrogens with zero attached hydrogens (tertiary/aromatic N) is 1. The van der Waals surface area contributed by atoms with Crippen LogP contribution in [0.2, 0.25) is 0 Å². The van der Waals surface area contributed by atoms with Crippen LogP contribution in [0.4, 0.5) is 0 Å². The highest BCUT2D eigenvalue weighted by molar-refractivity contribution is 5.28. The van der Waals surface area contributed by atoms with Crippen molar-refractivity contribution < 1.29 is 14.7 Å². The first kappa shape index (κ1) is 22.7. The Morgan fingerprint density at radius 2 is 1.86 bits per heavy atom. The predicted octanol–water partition coefficient (Wildman–Crippen LogP) is 3.03. The van der Waals surface area contributed by atoms with Gasteiger partial charge in [-0.1, -0.05) is 52.0 Å². The number of aliphatic hydroxyl groups excluding tert-OH is 1. The monoisotopic (exact) mass is 387 g/mol. The Hall–Kier alpha value is -1.62. The van der Waals surface area contributed by atoms with Crippen molar-refractivity contribution in [3.8, 4) is 0 Å². The van der Waals surface area contributed by atoms with Crippen molar-refractivity contribution >= 4 is 0 Å². The fourth-order valence-electron chi connectivity index (χ4n) is 3.53. The van der Waals surface area contributed by atoms with E-state index >= 15 is 0 Å². The first-order valence-corrected chi connectivity index (χ1v) is 10.6. The van der Waals surface area contributed by atoms with Crippen LogP contribution < -0.4 is 4.90 Å². The molecule has 1 aromatic heterocycles. The van der Waals surface area contributed by atoms with Crippen molar-refractivity contribution in [1.82, 2.24) is 4.57 Å². The van der Waals surface area contributed by atoms with Crippen molar-refractivity contribution in [2.45, 2.75) is 65.1 Å². The summed E-state index contributed by atoms with van der Waals surface area (Å²) in [6.07, 6.45) is 3.73. The van der Waals surface area contributed by atoms with Gasteiger partial charge in [-0.05, 0) is 35.1 Å². The highest BCUT2D eigenvalue weighted by atomic mass is 16.5. The normalized spacial score (nSPS) is 14.2. The Morgan fingerprint density at radius 3 is 2.46 bits per heavy atom. The third kappa shape index (κ3) is 7.08. The molecule has 0 aliphatic heterocycles. The van der Waals surface area contributed by atoms with Gasteiger partial charge in [0.05, 0.1) is 18.8 Å². The van der Waals surface area contributed by atoms with Gasteiger partial charge in [0, 0.05) is 26.3 Å². The molecule has 1 heterocycles. The SMILES string of the molecule is CC[C@H](O)C[NH+](CCCOC)Cc1cccn1Cc1ccc(C(C)(C)C)cc1. The topological polar surface area (TPSA) is 38.8 Å². The average molecular weight is 388 g/mol. The van der Waals surface area contributed by atoms with Crippen LogP contribution in [0.1, 0.15) is 57.4 Å². The lowest BCUT2D eigenvalue weighted by molar-refractivity contribution is -0.917. The minimum atomic E-state index is -0.245. The quantitative estimate of drug-likeness (QED) is 0.582. The molecular formula is C24H39N2O2+. The van der Waals surface area contributed by atoms with Gasteiger partial charge in [0.15, 0.2) is 0 Å². The molecule has 2 N–H and O–H groups in total. The number of benzene rings is 1. The van der Waals surface area contributed by atoms with E-state index < -0.39 is 0 Å². The average Bonchev–Trinajstić information content (AvgIpc) is 3.08. The first-order valence-electron chi connectivity index (χ1n) is 10.6. The maximum Gasteiger partial charge on any atom is 0.118 e. The molecule has 0 bridgehead atoms. The molecule has 0 saturated heterocycles. The van der Waals surface area contributed by atoms with Crippen LogP contribution in [0.5, 0.6) is 0 Å². The zero-order valence-corrected chi connectivity index (χ0v) is 18.4. The van der Waals surface area contributed by atoms with Crippen LogP contribution in [-0.2, 0) is 23.2 Å². The van der Waals surface area contributed by atoms with Crippen LogP contribution in [0.25, 0.3) is 0 Å². The summed E-state index contributed by atoms with van der Waals surface area (Å²) in [5.41, 5.74) is 4.19. The molecule has 0 radical (unpaired) electrons. The number of aliphatic hydroxyl groups is 1. The van der Waals surface area contributed by atoms with Crippen molar-refractivity contribution in [1.29, 1.82) is 0 Å². The van der Waals surface area contributed by atoms with Crippen molar-refractivity contribution in [3.05, 3.63) is 59.4 Å². The molecule has 0 aliphatic carbocycles. The molecule has 28 heavy (non-hydrogen) atoms. The summed E-state index contributed by atoms with van der Waals surface area (Å²) >= 11 is 0. The van der Waals surface area contributed by atoms with E-state index in [1.54, 1.807) is 7.11 Å². The Kier molecular flexibility index (Phi) is 8.74. The molecule has 4 nitrogen and oxygen atoms in total. The summed E-state index contributed by atoms with van der Waals surface area (Å²) in [5, 5.41) is 10.2. The number of nitrogens with one attached hydrogen (secondary N) is 1. The van der Waals surface area contributed by atoms with Crippen LogP contribution in [0.15, 0.2) is 42.6 Å². The zero-order chi connectivity index (χ0) is 20.6. The van der Waals surface area contributed by atoms with Crippen molar-refractivity contribution in [3.63, 3.8) is 0 Å². The molecule has 0 saturated carbocycles. The highest BCUT2D eigenvalue weighted by Crippen LogP contribution is 2.22. The van der Waals surface area contributed by atoms with Crippen LogP contribution in [0.3, 0.4) is 0 Å². The molecule has 0 fully saturated rings. The molecule has 156 valence electrons. The smallest absolute Gasteiger partial charge is 0.118 e. The van der Waals surface area contributed by atoms with E-state index in [0.717, 1.165) is 45.6 Å². The van der Waals surface area contributed by atoms with E-state index in [9.17, 15) is 5.11 Å². The lowest BCUT2D eigenvalue weighted by Gasteiger charge is -2.23. The van der Waals surface area contributed by atoms with Gasteiger partial charge in [-0.3, -0.25) is 0 Å². The number of aromatic nitrogens is 1. The largest absolute Gasteiger partial charge is 0.387 e. The summed E-state index contributed by atoms with van der Waals surface area (Å²) < 4.78 is 7.55. The van der Waals surface area contributed by atoms with Crippen molar-refractivity contribution in [2.75, 3.05) is 26.8 Å². The summed E-state index contributed by atoms with van der Waals surface area (Å²) in [6.45, 7) is 13.2. The van der Waals surface area contributed by atoms with Gasteiger partial charge in [0.25, 0.3) is 0 Å².